The maximum atomic E-state index is 13.8. The molecule has 4 aromatic rings. The maximum Gasteiger partial charge on any atom is 0.435 e. The van der Waals surface area contributed by atoms with Crippen LogP contribution in [0.1, 0.15) is 98.8 Å². The van der Waals surface area contributed by atoms with Gasteiger partial charge in [0.15, 0.2) is 17.2 Å². The zero-order valence-electron chi connectivity index (χ0n) is 28.6. The monoisotopic (exact) mass is 653 g/mol. The molecule has 0 bridgehead atoms. The van der Waals surface area contributed by atoms with Crippen LogP contribution >= 0.6 is 0 Å². The number of rotatable bonds is 9. The summed E-state index contributed by atoms with van der Waals surface area (Å²) in [7, 11) is 0. The van der Waals surface area contributed by atoms with Crippen LogP contribution < -0.4 is 10.6 Å². The second kappa shape index (κ2) is 14.0. The summed E-state index contributed by atoms with van der Waals surface area (Å²) >= 11 is 0. The van der Waals surface area contributed by atoms with Gasteiger partial charge in [0, 0.05) is 18.2 Å². The standard InChI is InChI=1S/C38H47N5O5/c1-24(2)29-18-13-25(3)21-31(29)48-37(46)43-30-22-32(36(45)40-38(4,5)28-11-7-6-8-12-28)47-33(30)34(41-43)39-35(44)27-16-14-26(15-17-27)23-42-19-9-10-20-42/h6-8,11-12,14-17,22,24-25,29,31H,9-10,13,18-21,23H2,1-5H3,(H,40,45)(H,39,41,44)/t25-,29+,31-/m1/s1. The lowest BCUT2D eigenvalue weighted by Gasteiger charge is -2.36. The molecule has 2 aliphatic rings. The first-order valence-corrected chi connectivity index (χ1v) is 17.2. The third-order valence-electron chi connectivity index (χ3n) is 9.94. The predicted octanol–water partition coefficient (Wildman–Crippen LogP) is 7.59. The first kappa shape index (κ1) is 33.5. The van der Waals surface area contributed by atoms with Crippen LogP contribution in [-0.2, 0) is 16.8 Å². The van der Waals surface area contributed by atoms with Crippen molar-refractivity contribution >= 4 is 34.8 Å². The van der Waals surface area contributed by atoms with E-state index in [1.807, 2.05) is 56.3 Å². The fourth-order valence-corrected chi connectivity index (χ4v) is 7.08. The summed E-state index contributed by atoms with van der Waals surface area (Å²) in [6.07, 6.45) is 4.34. The van der Waals surface area contributed by atoms with Crippen molar-refractivity contribution in [3.8, 4) is 0 Å². The molecular formula is C38H47N5O5. The molecule has 0 spiro atoms. The highest BCUT2D eigenvalue weighted by atomic mass is 16.6. The number of furan rings is 1. The molecule has 48 heavy (non-hydrogen) atoms. The summed E-state index contributed by atoms with van der Waals surface area (Å²) in [6, 6.07) is 18.6. The van der Waals surface area contributed by atoms with Gasteiger partial charge in [-0.15, -0.1) is 5.10 Å². The van der Waals surface area contributed by atoms with E-state index in [1.54, 1.807) is 12.1 Å². The first-order chi connectivity index (χ1) is 23.0. The first-order valence-electron chi connectivity index (χ1n) is 17.2. The van der Waals surface area contributed by atoms with Gasteiger partial charge in [0.25, 0.3) is 11.8 Å². The third-order valence-corrected chi connectivity index (χ3v) is 9.94. The van der Waals surface area contributed by atoms with E-state index in [1.165, 1.54) is 18.9 Å². The van der Waals surface area contributed by atoms with Crippen molar-refractivity contribution < 1.29 is 23.5 Å². The Labute approximate surface area is 282 Å². The van der Waals surface area contributed by atoms with Gasteiger partial charge in [-0.1, -0.05) is 69.7 Å². The molecule has 2 amide bonds. The molecule has 2 aromatic heterocycles. The number of likely N-dealkylation sites (tertiary alicyclic amines) is 1. The van der Waals surface area contributed by atoms with Crippen LogP contribution in [0.3, 0.4) is 0 Å². The lowest BCUT2D eigenvalue weighted by molar-refractivity contribution is 0.00596. The molecule has 10 heteroatoms. The average Bonchev–Trinajstić information content (AvgIpc) is 3.80. The Balaban J connectivity index is 1.28. The molecule has 0 unspecified atom stereocenters. The largest absolute Gasteiger partial charge is 0.445 e. The molecule has 2 fully saturated rings. The molecular weight excluding hydrogens is 606 g/mol. The van der Waals surface area contributed by atoms with Gasteiger partial charge < -0.3 is 19.8 Å². The van der Waals surface area contributed by atoms with Crippen molar-refractivity contribution in [2.75, 3.05) is 18.4 Å². The minimum absolute atomic E-state index is 0.0129. The van der Waals surface area contributed by atoms with Crippen LogP contribution in [0.2, 0.25) is 0 Å². The smallest absolute Gasteiger partial charge is 0.435 e. The van der Waals surface area contributed by atoms with E-state index < -0.39 is 23.4 Å². The third kappa shape index (κ3) is 7.33. The van der Waals surface area contributed by atoms with E-state index in [0.717, 1.165) is 54.7 Å². The number of fused-ring (bicyclic) bond motifs is 1. The molecule has 2 N–H and O–H groups in total. The number of anilines is 1. The average molecular weight is 654 g/mol. The van der Waals surface area contributed by atoms with Crippen molar-refractivity contribution in [2.24, 2.45) is 17.8 Å². The van der Waals surface area contributed by atoms with Crippen molar-refractivity contribution in [2.45, 2.75) is 84.9 Å². The number of nitrogens with one attached hydrogen (secondary N) is 2. The van der Waals surface area contributed by atoms with Gasteiger partial charge in [0.2, 0.25) is 0 Å². The van der Waals surface area contributed by atoms with Crippen LogP contribution in [0.4, 0.5) is 10.6 Å². The fourth-order valence-electron chi connectivity index (χ4n) is 7.08. The van der Waals surface area contributed by atoms with Crippen molar-refractivity contribution in [3.05, 3.63) is 83.1 Å². The molecule has 1 aliphatic carbocycles. The van der Waals surface area contributed by atoms with Crippen molar-refractivity contribution in [1.29, 1.82) is 0 Å². The number of benzene rings is 2. The molecule has 0 radical (unpaired) electrons. The van der Waals surface area contributed by atoms with Crippen molar-refractivity contribution in [3.63, 3.8) is 0 Å². The van der Waals surface area contributed by atoms with E-state index >= 15 is 0 Å². The Morgan fingerprint density at radius 1 is 1.00 bits per heavy atom. The lowest BCUT2D eigenvalue weighted by atomic mass is 9.75. The highest BCUT2D eigenvalue weighted by molar-refractivity contribution is 6.08. The number of nitrogens with zero attached hydrogens (tertiary/aromatic N) is 3. The molecule has 3 heterocycles. The zero-order chi connectivity index (χ0) is 34.0. The van der Waals surface area contributed by atoms with E-state index in [2.05, 4.69) is 41.4 Å². The summed E-state index contributed by atoms with van der Waals surface area (Å²) in [5.74, 6) is 0.164. The second-order valence-corrected chi connectivity index (χ2v) is 14.4. The lowest BCUT2D eigenvalue weighted by Crippen LogP contribution is -2.40. The van der Waals surface area contributed by atoms with Gasteiger partial charge in [-0.2, -0.15) is 4.68 Å². The zero-order valence-corrected chi connectivity index (χ0v) is 28.6. The number of hydrogen-bond acceptors (Lipinski definition) is 7. The summed E-state index contributed by atoms with van der Waals surface area (Å²) in [5.41, 5.74) is 2.15. The summed E-state index contributed by atoms with van der Waals surface area (Å²) in [5, 5.41) is 10.3. The summed E-state index contributed by atoms with van der Waals surface area (Å²) in [4.78, 5) is 43.1. The van der Waals surface area contributed by atoms with Crippen LogP contribution in [-0.4, -0.2) is 51.8 Å². The van der Waals surface area contributed by atoms with E-state index in [4.69, 9.17) is 9.15 Å². The van der Waals surface area contributed by atoms with E-state index in [0.29, 0.717) is 17.4 Å². The number of carbonyl (C=O) groups excluding carboxylic acids is 3. The summed E-state index contributed by atoms with van der Waals surface area (Å²) in [6.45, 7) is 13.3. The van der Waals surface area contributed by atoms with Crippen LogP contribution in [0.5, 0.6) is 0 Å². The Hall–Kier alpha value is -4.44. The normalized spacial score (nSPS) is 20.2. The van der Waals surface area contributed by atoms with Gasteiger partial charge in [-0.25, -0.2) is 4.79 Å². The Kier molecular flexibility index (Phi) is 9.73. The molecule has 1 saturated heterocycles. The highest BCUT2D eigenvalue weighted by Gasteiger charge is 2.35. The van der Waals surface area contributed by atoms with E-state index in [9.17, 15) is 14.4 Å². The number of aromatic nitrogens is 2. The van der Waals surface area contributed by atoms with Gasteiger partial charge in [0.05, 0.1) is 5.54 Å². The number of hydrogen-bond donors (Lipinski definition) is 2. The van der Waals surface area contributed by atoms with Gasteiger partial charge >= 0.3 is 6.09 Å². The quantitative estimate of drug-likeness (QED) is 0.191. The molecule has 1 aliphatic heterocycles. The topological polar surface area (TPSA) is 119 Å². The Morgan fingerprint density at radius 3 is 2.40 bits per heavy atom. The fraction of sp³-hybridized carbons (Fsp3) is 0.474. The van der Waals surface area contributed by atoms with Crippen LogP contribution in [0, 0.1) is 17.8 Å². The molecule has 254 valence electrons. The Bertz CT molecular complexity index is 1750. The number of amides is 2. The molecule has 6 rings (SSSR count). The second-order valence-electron chi connectivity index (χ2n) is 14.4. The van der Waals surface area contributed by atoms with Crippen LogP contribution in [0.15, 0.2) is 65.1 Å². The predicted molar refractivity (Wildman–Crippen MR) is 185 cm³/mol. The highest BCUT2D eigenvalue weighted by Crippen LogP contribution is 2.36. The molecule has 2 aromatic carbocycles. The Morgan fingerprint density at radius 2 is 1.71 bits per heavy atom. The summed E-state index contributed by atoms with van der Waals surface area (Å²) < 4.78 is 13.3. The molecule has 3 atom stereocenters. The van der Waals surface area contributed by atoms with E-state index in [-0.39, 0.29) is 34.7 Å². The maximum absolute atomic E-state index is 13.8. The van der Waals surface area contributed by atoms with Gasteiger partial charge in [-0.3, -0.25) is 14.5 Å². The minimum Gasteiger partial charge on any atom is -0.445 e. The van der Waals surface area contributed by atoms with Crippen molar-refractivity contribution in [1.82, 2.24) is 20.0 Å². The minimum atomic E-state index is -0.705. The molecule has 1 saturated carbocycles. The SMILES string of the molecule is CC(C)[C@@H]1CC[C@@H](C)C[C@H]1OC(=O)n1nc(NC(=O)c2ccc(CN3CCCC3)cc2)c2oc(C(=O)NC(C)(C)c3ccccc3)cc21. The molecule has 10 nitrogen and oxygen atoms in total. The van der Waals surface area contributed by atoms with Gasteiger partial charge in [-0.05, 0) is 93.6 Å². The van der Waals surface area contributed by atoms with Gasteiger partial charge in [0.1, 0.15) is 11.6 Å². The number of carbonyl (C=O) groups is 3. The van der Waals surface area contributed by atoms with Crippen LogP contribution in [0.25, 0.3) is 11.1 Å². The number of ether oxygens (including phenoxy) is 1.